The minimum Gasteiger partial charge on any atom is -0.467 e. The van der Waals surface area contributed by atoms with Crippen molar-refractivity contribution in [2.45, 2.75) is 13.1 Å². The van der Waals surface area contributed by atoms with E-state index in [9.17, 15) is 13.2 Å². The van der Waals surface area contributed by atoms with E-state index in [1.165, 1.54) is 6.07 Å². The van der Waals surface area contributed by atoms with Crippen LogP contribution < -0.4 is 4.74 Å². The van der Waals surface area contributed by atoms with Gasteiger partial charge in [0.05, 0.1) is 0 Å². The van der Waals surface area contributed by atoms with E-state index in [1.54, 1.807) is 6.92 Å². The molecule has 0 saturated carbocycles. The van der Waals surface area contributed by atoms with Gasteiger partial charge in [0, 0.05) is 10.9 Å². The summed E-state index contributed by atoms with van der Waals surface area (Å²) >= 11 is 1.11. The molecule has 6 heteroatoms. The average molecular weight is 197 g/mol. The zero-order valence-electron chi connectivity index (χ0n) is 6.18. The van der Waals surface area contributed by atoms with E-state index in [0.717, 1.165) is 16.4 Å². The summed E-state index contributed by atoms with van der Waals surface area (Å²) in [4.78, 5) is 0.826. The molecule has 1 heterocycles. The SMILES string of the molecule is Cc1cc(OCC(F)(F)F)ns1. The Morgan fingerprint density at radius 1 is 1.58 bits per heavy atom. The van der Waals surface area contributed by atoms with Crippen LogP contribution in [0, 0.1) is 6.92 Å². The third-order valence-electron chi connectivity index (χ3n) is 0.990. The lowest BCUT2D eigenvalue weighted by Gasteiger charge is -2.05. The quantitative estimate of drug-likeness (QED) is 0.726. The van der Waals surface area contributed by atoms with E-state index in [-0.39, 0.29) is 5.88 Å². The lowest BCUT2D eigenvalue weighted by Crippen LogP contribution is -2.19. The van der Waals surface area contributed by atoms with Gasteiger partial charge in [-0.2, -0.15) is 17.5 Å². The third-order valence-corrected chi connectivity index (χ3v) is 1.67. The Bertz CT molecular complexity index is 258. The van der Waals surface area contributed by atoms with E-state index >= 15 is 0 Å². The van der Waals surface area contributed by atoms with Gasteiger partial charge < -0.3 is 4.74 Å². The number of aryl methyl sites for hydroxylation is 1. The smallest absolute Gasteiger partial charge is 0.422 e. The molecular formula is C6H6F3NOS. The molecular weight excluding hydrogens is 191 g/mol. The molecule has 1 aromatic heterocycles. The molecule has 0 aliphatic rings. The second-order valence-electron chi connectivity index (χ2n) is 2.18. The van der Waals surface area contributed by atoms with Gasteiger partial charge in [0.1, 0.15) is 0 Å². The van der Waals surface area contributed by atoms with Gasteiger partial charge in [-0.1, -0.05) is 0 Å². The van der Waals surface area contributed by atoms with Crippen LogP contribution in [0.2, 0.25) is 0 Å². The molecule has 1 rings (SSSR count). The number of aromatic nitrogens is 1. The lowest BCUT2D eigenvalue weighted by atomic mass is 10.5. The van der Waals surface area contributed by atoms with Crippen LogP contribution in [0.1, 0.15) is 4.88 Å². The minimum absolute atomic E-state index is 0.0369. The van der Waals surface area contributed by atoms with Crippen molar-refractivity contribution in [1.82, 2.24) is 4.37 Å². The maximum Gasteiger partial charge on any atom is 0.422 e. The summed E-state index contributed by atoms with van der Waals surface area (Å²) in [5.41, 5.74) is 0. The van der Waals surface area contributed by atoms with E-state index < -0.39 is 12.8 Å². The molecule has 0 saturated heterocycles. The Balaban J connectivity index is 2.44. The van der Waals surface area contributed by atoms with Crippen molar-refractivity contribution >= 4 is 11.5 Å². The number of halogens is 3. The zero-order valence-corrected chi connectivity index (χ0v) is 7.00. The molecule has 0 fully saturated rings. The number of nitrogens with zero attached hydrogens (tertiary/aromatic N) is 1. The molecule has 0 atom stereocenters. The van der Waals surface area contributed by atoms with Crippen molar-refractivity contribution < 1.29 is 17.9 Å². The van der Waals surface area contributed by atoms with Crippen LogP contribution in [-0.2, 0) is 0 Å². The molecule has 0 aliphatic carbocycles. The minimum atomic E-state index is -4.29. The van der Waals surface area contributed by atoms with E-state index in [2.05, 4.69) is 9.11 Å². The number of rotatable bonds is 2. The van der Waals surface area contributed by atoms with Crippen LogP contribution in [0.25, 0.3) is 0 Å². The van der Waals surface area contributed by atoms with Crippen LogP contribution in [0.5, 0.6) is 5.88 Å². The monoisotopic (exact) mass is 197 g/mol. The highest BCUT2D eigenvalue weighted by atomic mass is 32.1. The highest BCUT2D eigenvalue weighted by molar-refractivity contribution is 7.05. The molecule has 0 bridgehead atoms. The fraction of sp³-hybridized carbons (Fsp3) is 0.500. The van der Waals surface area contributed by atoms with Gasteiger partial charge in [0.15, 0.2) is 6.61 Å². The van der Waals surface area contributed by atoms with E-state index in [0.29, 0.717) is 0 Å². The summed E-state index contributed by atoms with van der Waals surface area (Å²) < 4.78 is 42.8. The molecule has 0 radical (unpaired) electrons. The molecule has 0 spiro atoms. The topological polar surface area (TPSA) is 22.1 Å². The summed E-state index contributed by atoms with van der Waals surface area (Å²) in [7, 11) is 0. The van der Waals surface area contributed by atoms with Crippen molar-refractivity contribution in [3.63, 3.8) is 0 Å². The van der Waals surface area contributed by atoms with Crippen LogP contribution in [0.3, 0.4) is 0 Å². The van der Waals surface area contributed by atoms with Crippen LogP contribution >= 0.6 is 11.5 Å². The first-order valence-corrected chi connectivity index (χ1v) is 3.87. The molecule has 12 heavy (non-hydrogen) atoms. The summed E-state index contributed by atoms with van der Waals surface area (Å²) in [6.07, 6.45) is -4.29. The maximum atomic E-state index is 11.6. The van der Waals surface area contributed by atoms with Crippen molar-refractivity contribution in [3.05, 3.63) is 10.9 Å². The van der Waals surface area contributed by atoms with Crippen molar-refractivity contribution in [2.75, 3.05) is 6.61 Å². The second kappa shape index (κ2) is 3.30. The lowest BCUT2D eigenvalue weighted by molar-refractivity contribution is -0.153. The molecule has 0 aliphatic heterocycles. The van der Waals surface area contributed by atoms with E-state index in [4.69, 9.17) is 0 Å². The molecule has 0 unspecified atom stereocenters. The van der Waals surface area contributed by atoms with Gasteiger partial charge in [0.2, 0.25) is 5.88 Å². The largest absolute Gasteiger partial charge is 0.467 e. The fourth-order valence-corrected chi connectivity index (χ4v) is 1.06. The van der Waals surface area contributed by atoms with Gasteiger partial charge in [-0.05, 0) is 18.5 Å². The summed E-state index contributed by atoms with van der Waals surface area (Å²) in [5.74, 6) is 0.0369. The predicted molar refractivity (Wildman–Crippen MR) is 38.4 cm³/mol. The zero-order chi connectivity index (χ0) is 9.19. The van der Waals surface area contributed by atoms with Gasteiger partial charge >= 0.3 is 6.18 Å². The summed E-state index contributed by atoms with van der Waals surface area (Å²) in [6, 6.07) is 1.47. The number of ether oxygens (including phenoxy) is 1. The first kappa shape index (κ1) is 9.31. The van der Waals surface area contributed by atoms with Crippen LogP contribution in [0.4, 0.5) is 13.2 Å². The Hall–Kier alpha value is -0.780. The molecule has 0 N–H and O–H groups in total. The van der Waals surface area contributed by atoms with Gasteiger partial charge in [-0.15, -0.1) is 0 Å². The van der Waals surface area contributed by atoms with Crippen molar-refractivity contribution in [3.8, 4) is 5.88 Å². The first-order chi connectivity index (χ1) is 5.47. The average Bonchev–Trinajstić information content (AvgIpc) is 2.30. The van der Waals surface area contributed by atoms with Gasteiger partial charge in [-0.3, -0.25) is 0 Å². The predicted octanol–water partition coefficient (Wildman–Crippen LogP) is 2.39. The van der Waals surface area contributed by atoms with Crippen molar-refractivity contribution in [2.24, 2.45) is 0 Å². The fourth-order valence-electron chi connectivity index (χ4n) is 0.567. The van der Waals surface area contributed by atoms with Crippen molar-refractivity contribution in [1.29, 1.82) is 0 Å². The molecule has 1 aromatic rings. The third kappa shape index (κ3) is 3.08. The molecule has 68 valence electrons. The standard InChI is InChI=1S/C6H6F3NOS/c1-4-2-5(10-12-4)11-3-6(7,8)9/h2H,3H2,1H3. The first-order valence-electron chi connectivity index (χ1n) is 3.10. The number of alkyl halides is 3. The Labute approximate surface area is 71.1 Å². The van der Waals surface area contributed by atoms with Crippen LogP contribution in [0.15, 0.2) is 6.07 Å². The van der Waals surface area contributed by atoms with E-state index in [1.807, 2.05) is 0 Å². The normalized spacial score (nSPS) is 11.7. The Kier molecular flexibility index (Phi) is 2.56. The summed E-state index contributed by atoms with van der Waals surface area (Å²) in [5, 5.41) is 0. The van der Waals surface area contributed by atoms with Crippen LogP contribution in [-0.4, -0.2) is 17.2 Å². The molecule has 0 aromatic carbocycles. The highest BCUT2D eigenvalue weighted by Crippen LogP contribution is 2.19. The van der Waals surface area contributed by atoms with Gasteiger partial charge in [-0.25, -0.2) is 0 Å². The molecule has 2 nitrogen and oxygen atoms in total. The van der Waals surface area contributed by atoms with Gasteiger partial charge in [0.25, 0.3) is 0 Å². The second-order valence-corrected chi connectivity index (χ2v) is 3.19. The Morgan fingerprint density at radius 2 is 2.25 bits per heavy atom. The maximum absolute atomic E-state index is 11.6. The highest BCUT2D eigenvalue weighted by Gasteiger charge is 2.28. The number of hydrogen-bond acceptors (Lipinski definition) is 3. The Morgan fingerprint density at radius 3 is 2.67 bits per heavy atom. The number of hydrogen-bond donors (Lipinski definition) is 0. The molecule has 0 amide bonds. The summed E-state index contributed by atoms with van der Waals surface area (Å²) in [6.45, 7) is 0.467.